The number of hydrogen-bond acceptors (Lipinski definition) is 2. The molecule has 1 aliphatic rings. The van der Waals surface area contributed by atoms with E-state index >= 15 is 0 Å². The molecule has 0 fully saturated rings. The van der Waals surface area contributed by atoms with Crippen LogP contribution in [0.1, 0.15) is 29.7 Å². The van der Waals surface area contributed by atoms with Gasteiger partial charge in [-0.1, -0.05) is 42.5 Å². The van der Waals surface area contributed by atoms with E-state index in [9.17, 15) is 0 Å². The van der Waals surface area contributed by atoms with E-state index in [1.54, 1.807) is 0 Å². The number of rotatable bonds is 2. The molecule has 0 aliphatic heterocycles. The van der Waals surface area contributed by atoms with Crippen LogP contribution < -0.4 is 11.3 Å². The minimum Gasteiger partial charge on any atom is -0.271 e. The lowest BCUT2D eigenvalue weighted by Gasteiger charge is -2.11. The lowest BCUT2D eigenvalue weighted by molar-refractivity contribution is 0.602. The van der Waals surface area contributed by atoms with E-state index in [1.165, 1.54) is 27.8 Å². The van der Waals surface area contributed by atoms with E-state index in [2.05, 4.69) is 54.8 Å². The van der Waals surface area contributed by atoms with Crippen LogP contribution in [-0.4, -0.2) is 0 Å². The van der Waals surface area contributed by atoms with Gasteiger partial charge in [0, 0.05) is 6.04 Å². The zero-order valence-corrected chi connectivity index (χ0v) is 9.90. The summed E-state index contributed by atoms with van der Waals surface area (Å²) in [5, 5.41) is 0. The monoisotopic (exact) mass is 224 g/mol. The SMILES string of the molecule is CC(NN)c1ccc2c(c1)Cc1ccccc1-2. The highest BCUT2D eigenvalue weighted by Crippen LogP contribution is 2.37. The molecule has 1 atom stereocenters. The summed E-state index contributed by atoms with van der Waals surface area (Å²) in [6.07, 6.45) is 1.04. The normalized spacial score (nSPS) is 14.2. The van der Waals surface area contributed by atoms with Crippen LogP contribution in [0, 0.1) is 0 Å². The first-order chi connectivity index (χ1) is 8.29. The van der Waals surface area contributed by atoms with E-state index in [-0.39, 0.29) is 6.04 Å². The predicted octanol–water partition coefficient (Wildman–Crippen LogP) is 2.78. The van der Waals surface area contributed by atoms with Gasteiger partial charge in [-0.05, 0) is 41.2 Å². The summed E-state index contributed by atoms with van der Waals surface area (Å²) < 4.78 is 0. The Morgan fingerprint density at radius 2 is 1.82 bits per heavy atom. The number of hydrogen-bond donors (Lipinski definition) is 2. The third kappa shape index (κ3) is 1.66. The lowest BCUT2D eigenvalue weighted by atomic mass is 10.0. The molecule has 17 heavy (non-hydrogen) atoms. The third-order valence-corrected chi connectivity index (χ3v) is 3.57. The molecular weight excluding hydrogens is 208 g/mol. The van der Waals surface area contributed by atoms with Gasteiger partial charge in [0.05, 0.1) is 0 Å². The Labute approximate surface area is 101 Å². The minimum atomic E-state index is 0.198. The maximum absolute atomic E-state index is 5.48. The summed E-state index contributed by atoms with van der Waals surface area (Å²) in [5.74, 6) is 5.48. The second-order valence-corrected chi connectivity index (χ2v) is 4.64. The molecule has 0 aromatic heterocycles. The molecule has 0 amide bonds. The maximum atomic E-state index is 5.48. The van der Waals surface area contributed by atoms with Crippen molar-refractivity contribution in [2.24, 2.45) is 5.84 Å². The number of fused-ring (bicyclic) bond motifs is 3. The van der Waals surface area contributed by atoms with E-state index in [0.717, 1.165) is 6.42 Å². The molecule has 2 aromatic rings. The molecule has 0 saturated heterocycles. The van der Waals surface area contributed by atoms with Crippen LogP contribution in [0.3, 0.4) is 0 Å². The molecule has 2 aromatic carbocycles. The van der Waals surface area contributed by atoms with Gasteiger partial charge in [0.1, 0.15) is 0 Å². The Morgan fingerprint density at radius 3 is 2.65 bits per heavy atom. The largest absolute Gasteiger partial charge is 0.271 e. The van der Waals surface area contributed by atoms with Crippen molar-refractivity contribution < 1.29 is 0 Å². The molecule has 0 saturated carbocycles. The van der Waals surface area contributed by atoms with Crippen LogP contribution in [0.25, 0.3) is 11.1 Å². The summed E-state index contributed by atoms with van der Waals surface area (Å²) in [5.41, 5.74) is 9.62. The zero-order chi connectivity index (χ0) is 11.8. The third-order valence-electron chi connectivity index (χ3n) is 3.57. The lowest BCUT2D eigenvalue weighted by Crippen LogP contribution is -2.25. The van der Waals surface area contributed by atoms with Crippen molar-refractivity contribution in [3.8, 4) is 11.1 Å². The fourth-order valence-corrected chi connectivity index (χ4v) is 2.53. The minimum absolute atomic E-state index is 0.198. The number of benzene rings is 2. The molecule has 0 spiro atoms. The molecule has 2 heteroatoms. The first-order valence-corrected chi connectivity index (χ1v) is 5.97. The van der Waals surface area contributed by atoms with Crippen molar-refractivity contribution in [1.29, 1.82) is 0 Å². The van der Waals surface area contributed by atoms with Crippen molar-refractivity contribution in [3.63, 3.8) is 0 Å². The highest BCUT2D eigenvalue weighted by atomic mass is 15.2. The van der Waals surface area contributed by atoms with Crippen molar-refractivity contribution in [2.75, 3.05) is 0 Å². The molecule has 3 rings (SSSR count). The molecule has 1 unspecified atom stereocenters. The molecule has 86 valence electrons. The number of hydrazine groups is 1. The number of nitrogens with two attached hydrogens (primary N) is 1. The van der Waals surface area contributed by atoms with Gasteiger partial charge in [-0.2, -0.15) is 0 Å². The molecule has 3 N–H and O–H groups in total. The van der Waals surface area contributed by atoms with Gasteiger partial charge < -0.3 is 0 Å². The first kappa shape index (κ1) is 10.5. The van der Waals surface area contributed by atoms with Crippen LogP contribution in [0.5, 0.6) is 0 Å². The Hall–Kier alpha value is -1.64. The van der Waals surface area contributed by atoms with Gasteiger partial charge in [-0.15, -0.1) is 0 Å². The van der Waals surface area contributed by atoms with Gasteiger partial charge in [0.15, 0.2) is 0 Å². The zero-order valence-electron chi connectivity index (χ0n) is 9.90. The average Bonchev–Trinajstić information content (AvgIpc) is 2.75. The topological polar surface area (TPSA) is 38.0 Å². The van der Waals surface area contributed by atoms with Crippen LogP contribution in [0.15, 0.2) is 42.5 Å². The van der Waals surface area contributed by atoms with Gasteiger partial charge >= 0.3 is 0 Å². The van der Waals surface area contributed by atoms with Crippen LogP contribution in [0.4, 0.5) is 0 Å². The average molecular weight is 224 g/mol. The number of nitrogens with one attached hydrogen (secondary N) is 1. The fraction of sp³-hybridized carbons (Fsp3) is 0.200. The molecule has 2 nitrogen and oxygen atoms in total. The smallest absolute Gasteiger partial charge is 0.0431 e. The van der Waals surface area contributed by atoms with Gasteiger partial charge in [0.2, 0.25) is 0 Å². The second kappa shape index (κ2) is 3.99. The Bertz CT molecular complexity index is 561. The molecular formula is C15H16N2. The highest BCUT2D eigenvalue weighted by molar-refractivity contribution is 5.76. The molecule has 0 heterocycles. The first-order valence-electron chi connectivity index (χ1n) is 5.97. The molecule has 0 bridgehead atoms. The van der Waals surface area contributed by atoms with Crippen molar-refractivity contribution in [2.45, 2.75) is 19.4 Å². The van der Waals surface area contributed by atoms with E-state index in [1.807, 2.05) is 0 Å². The summed E-state index contributed by atoms with van der Waals surface area (Å²) in [4.78, 5) is 0. The molecule has 0 radical (unpaired) electrons. The van der Waals surface area contributed by atoms with Crippen molar-refractivity contribution in [3.05, 3.63) is 59.2 Å². The Balaban J connectivity index is 2.07. The predicted molar refractivity (Wildman–Crippen MR) is 70.4 cm³/mol. The summed E-state index contributed by atoms with van der Waals surface area (Å²) in [7, 11) is 0. The Morgan fingerprint density at radius 1 is 1.06 bits per heavy atom. The van der Waals surface area contributed by atoms with Crippen LogP contribution in [0.2, 0.25) is 0 Å². The van der Waals surface area contributed by atoms with Gasteiger partial charge in [-0.25, -0.2) is 0 Å². The molecule has 1 aliphatic carbocycles. The Kier molecular flexibility index (Phi) is 2.46. The van der Waals surface area contributed by atoms with E-state index < -0.39 is 0 Å². The summed E-state index contributed by atoms with van der Waals surface area (Å²) >= 11 is 0. The summed E-state index contributed by atoms with van der Waals surface area (Å²) in [6, 6.07) is 15.5. The van der Waals surface area contributed by atoms with Gasteiger partial charge in [0.25, 0.3) is 0 Å². The van der Waals surface area contributed by atoms with Crippen LogP contribution in [-0.2, 0) is 6.42 Å². The van der Waals surface area contributed by atoms with Crippen molar-refractivity contribution in [1.82, 2.24) is 5.43 Å². The fourth-order valence-electron chi connectivity index (χ4n) is 2.53. The second-order valence-electron chi connectivity index (χ2n) is 4.64. The van der Waals surface area contributed by atoms with E-state index in [0.29, 0.717) is 0 Å². The standard InChI is InChI=1S/C15H16N2/c1-10(17-16)11-6-7-15-13(8-11)9-12-4-2-3-5-14(12)15/h2-8,10,17H,9,16H2,1H3. The maximum Gasteiger partial charge on any atom is 0.0431 e. The summed E-state index contributed by atoms with van der Waals surface area (Å²) in [6.45, 7) is 2.07. The van der Waals surface area contributed by atoms with Gasteiger partial charge in [-0.3, -0.25) is 11.3 Å². The van der Waals surface area contributed by atoms with Crippen molar-refractivity contribution >= 4 is 0 Å². The van der Waals surface area contributed by atoms with E-state index in [4.69, 9.17) is 5.84 Å². The highest BCUT2D eigenvalue weighted by Gasteiger charge is 2.18. The quantitative estimate of drug-likeness (QED) is 0.519. The van der Waals surface area contributed by atoms with Crippen LogP contribution >= 0.6 is 0 Å².